The van der Waals surface area contributed by atoms with Gasteiger partial charge in [0.25, 0.3) is 5.56 Å². The second-order valence-corrected chi connectivity index (χ2v) is 7.97. The molecular weight excluding hydrogens is 324 g/mol. The Bertz CT molecular complexity index is 1180. The van der Waals surface area contributed by atoms with Gasteiger partial charge in [0.1, 0.15) is 5.60 Å². The van der Waals surface area contributed by atoms with E-state index in [4.69, 9.17) is 9.72 Å². The van der Waals surface area contributed by atoms with Crippen LogP contribution in [0, 0.1) is 27.7 Å². The summed E-state index contributed by atoms with van der Waals surface area (Å²) in [5, 5.41) is 1.23. The third kappa shape index (κ3) is 1.93. The third-order valence-electron chi connectivity index (χ3n) is 6.36. The molecule has 1 saturated heterocycles. The summed E-state index contributed by atoms with van der Waals surface area (Å²) in [7, 11) is 0. The molecule has 0 aliphatic carbocycles. The van der Waals surface area contributed by atoms with Crippen molar-refractivity contribution in [2.75, 3.05) is 6.61 Å². The molecule has 0 saturated carbocycles. The first-order valence-corrected chi connectivity index (χ1v) is 9.10. The molecule has 3 aromatic rings. The fraction of sp³-hybridized carbons (Fsp3) is 0.364. The molecule has 26 heavy (non-hydrogen) atoms. The number of epoxide rings is 1. The molecule has 0 N–H and O–H groups in total. The van der Waals surface area contributed by atoms with Crippen molar-refractivity contribution in [1.82, 2.24) is 9.55 Å². The molecule has 5 rings (SSSR count). The van der Waals surface area contributed by atoms with E-state index >= 15 is 0 Å². The van der Waals surface area contributed by atoms with Gasteiger partial charge in [-0.25, -0.2) is 4.98 Å². The predicted molar refractivity (Wildman–Crippen MR) is 103 cm³/mol. The average molecular weight is 346 g/mol. The Kier molecular flexibility index (Phi) is 2.93. The highest BCUT2D eigenvalue weighted by molar-refractivity contribution is 5.91. The molecule has 132 valence electrons. The van der Waals surface area contributed by atoms with Crippen LogP contribution in [0.5, 0.6) is 0 Å². The molecule has 1 fully saturated rings. The van der Waals surface area contributed by atoms with Crippen molar-refractivity contribution in [2.45, 2.75) is 46.8 Å². The largest absolute Gasteiger partial charge is 0.365 e. The summed E-state index contributed by atoms with van der Waals surface area (Å²) < 4.78 is 7.40. The first-order valence-electron chi connectivity index (χ1n) is 9.10. The summed E-state index contributed by atoms with van der Waals surface area (Å²) in [4.78, 5) is 17.7. The molecule has 1 unspecified atom stereocenters. The van der Waals surface area contributed by atoms with Gasteiger partial charge in [0.05, 0.1) is 30.1 Å². The maximum Gasteiger partial charge on any atom is 0.251 e. The molecule has 0 amide bonds. The van der Waals surface area contributed by atoms with E-state index < -0.39 is 0 Å². The number of rotatable bonds is 1. The number of hydrogen-bond acceptors (Lipinski definition) is 3. The zero-order chi connectivity index (χ0) is 18.4. The van der Waals surface area contributed by atoms with Crippen LogP contribution in [0.4, 0.5) is 0 Å². The van der Waals surface area contributed by atoms with Crippen LogP contribution in [-0.4, -0.2) is 16.2 Å². The molecule has 2 aliphatic rings. The molecule has 0 radical (unpaired) electrons. The van der Waals surface area contributed by atoms with Crippen LogP contribution in [0.15, 0.2) is 23.0 Å². The van der Waals surface area contributed by atoms with Gasteiger partial charge in [-0.05, 0) is 74.6 Å². The smallest absolute Gasteiger partial charge is 0.251 e. The number of nitrogens with zero attached hydrogens (tertiary/aromatic N) is 2. The minimum Gasteiger partial charge on any atom is -0.365 e. The van der Waals surface area contributed by atoms with Gasteiger partial charge in [0, 0.05) is 17.0 Å². The molecule has 2 aromatic heterocycles. The second-order valence-electron chi connectivity index (χ2n) is 7.97. The summed E-state index contributed by atoms with van der Waals surface area (Å²) >= 11 is 0. The van der Waals surface area contributed by atoms with Crippen LogP contribution >= 0.6 is 0 Å². The quantitative estimate of drug-likeness (QED) is 0.491. The Morgan fingerprint density at radius 2 is 1.81 bits per heavy atom. The number of benzene rings is 1. The molecular formula is C22H22N2O2. The number of hydrogen-bond donors (Lipinski definition) is 0. The molecule has 4 heterocycles. The van der Waals surface area contributed by atoms with Crippen molar-refractivity contribution < 1.29 is 4.74 Å². The Morgan fingerprint density at radius 1 is 1.08 bits per heavy atom. The van der Waals surface area contributed by atoms with Gasteiger partial charge < -0.3 is 9.30 Å². The van der Waals surface area contributed by atoms with Gasteiger partial charge in [0.2, 0.25) is 0 Å². The molecule has 0 bridgehead atoms. The van der Waals surface area contributed by atoms with Crippen molar-refractivity contribution in [1.29, 1.82) is 0 Å². The van der Waals surface area contributed by atoms with Crippen LogP contribution in [0.2, 0.25) is 0 Å². The van der Waals surface area contributed by atoms with Gasteiger partial charge in [0.15, 0.2) is 0 Å². The van der Waals surface area contributed by atoms with Gasteiger partial charge in [-0.3, -0.25) is 4.79 Å². The number of ether oxygens (including phenoxy) is 1. The van der Waals surface area contributed by atoms with Crippen molar-refractivity contribution in [2.24, 2.45) is 0 Å². The fourth-order valence-corrected chi connectivity index (χ4v) is 4.24. The lowest BCUT2D eigenvalue weighted by atomic mass is 9.93. The summed E-state index contributed by atoms with van der Waals surface area (Å²) in [6, 6.07) is 5.98. The monoisotopic (exact) mass is 346 g/mol. The molecule has 1 aromatic carbocycles. The predicted octanol–water partition coefficient (Wildman–Crippen LogP) is 3.90. The normalized spacial score (nSPS) is 20.3. The Labute approximate surface area is 152 Å². The number of aryl methyl sites for hydroxylation is 3. The van der Waals surface area contributed by atoms with E-state index in [1.54, 1.807) is 6.07 Å². The second kappa shape index (κ2) is 4.83. The molecule has 0 spiro atoms. The van der Waals surface area contributed by atoms with Crippen molar-refractivity contribution >= 4 is 10.9 Å². The van der Waals surface area contributed by atoms with Gasteiger partial charge >= 0.3 is 0 Å². The van der Waals surface area contributed by atoms with E-state index in [-0.39, 0.29) is 11.2 Å². The fourth-order valence-electron chi connectivity index (χ4n) is 4.24. The van der Waals surface area contributed by atoms with E-state index in [2.05, 4.69) is 39.8 Å². The molecule has 4 heteroatoms. The zero-order valence-corrected chi connectivity index (χ0v) is 15.9. The summed E-state index contributed by atoms with van der Waals surface area (Å²) in [5.41, 5.74) is 9.81. The maximum absolute atomic E-state index is 12.7. The number of fused-ring (bicyclic) bond motifs is 4. The third-order valence-corrected chi connectivity index (χ3v) is 6.36. The highest BCUT2D eigenvalue weighted by atomic mass is 16.6. The average Bonchev–Trinajstić information content (AvgIpc) is 3.23. The van der Waals surface area contributed by atoms with Gasteiger partial charge in [-0.2, -0.15) is 0 Å². The van der Waals surface area contributed by atoms with Crippen molar-refractivity contribution in [3.63, 3.8) is 0 Å². The maximum atomic E-state index is 12.7. The van der Waals surface area contributed by atoms with E-state index in [9.17, 15) is 4.79 Å². The Hall–Kier alpha value is -2.46. The minimum absolute atomic E-state index is 0.0276. The molecule has 2 aliphatic heterocycles. The first-order chi connectivity index (χ1) is 12.3. The van der Waals surface area contributed by atoms with Crippen LogP contribution < -0.4 is 5.56 Å². The van der Waals surface area contributed by atoms with Crippen molar-refractivity contribution in [3.8, 4) is 11.4 Å². The Balaban J connectivity index is 1.84. The van der Waals surface area contributed by atoms with E-state index in [1.165, 1.54) is 33.2 Å². The van der Waals surface area contributed by atoms with Crippen LogP contribution in [0.3, 0.4) is 0 Å². The first kappa shape index (κ1) is 15.8. The molecule has 4 nitrogen and oxygen atoms in total. The topological polar surface area (TPSA) is 47.4 Å². The highest BCUT2D eigenvalue weighted by Gasteiger charge is 2.42. The lowest BCUT2D eigenvalue weighted by Crippen LogP contribution is -2.20. The Morgan fingerprint density at radius 3 is 2.50 bits per heavy atom. The van der Waals surface area contributed by atoms with E-state index in [0.717, 1.165) is 22.5 Å². The van der Waals surface area contributed by atoms with Gasteiger partial charge in [-0.1, -0.05) is 0 Å². The van der Waals surface area contributed by atoms with E-state index in [0.29, 0.717) is 13.2 Å². The summed E-state index contributed by atoms with van der Waals surface area (Å²) in [5.74, 6) is 0. The SMILES string of the molecule is Cc1cc2nc3c(c(C)c2c(C)c1C)Cn1c-3cc(C2(C)CO2)cc1=O. The number of aromatic nitrogens is 2. The number of pyridine rings is 2. The minimum atomic E-state index is -0.312. The standard InChI is InChI=1S/C22H22N2O2/c1-11-6-17-20(13(3)12(11)2)14(4)16-9-24-18(21(16)23-17)7-15(8-19(24)25)22(5)10-26-22/h6-8H,9-10H2,1-5H3. The van der Waals surface area contributed by atoms with E-state index in [1.807, 2.05) is 11.5 Å². The van der Waals surface area contributed by atoms with Gasteiger partial charge in [-0.15, -0.1) is 0 Å². The lowest BCUT2D eigenvalue weighted by Gasteiger charge is -2.14. The molecule has 1 atom stereocenters. The van der Waals surface area contributed by atoms with Crippen molar-refractivity contribution in [3.05, 3.63) is 61.9 Å². The summed E-state index contributed by atoms with van der Waals surface area (Å²) in [6.45, 7) is 11.9. The van der Waals surface area contributed by atoms with Crippen LogP contribution in [-0.2, 0) is 16.9 Å². The summed E-state index contributed by atoms with van der Waals surface area (Å²) in [6.07, 6.45) is 0. The zero-order valence-electron chi connectivity index (χ0n) is 15.9. The lowest BCUT2D eigenvalue weighted by molar-refractivity contribution is 0.329. The highest BCUT2D eigenvalue weighted by Crippen LogP contribution is 2.41. The van der Waals surface area contributed by atoms with Crippen LogP contribution in [0.25, 0.3) is 22.3 Å². The van der Waals surface area contributed by atoms with Crippen LogP contribution in [0.1, 0.15) is 40.3 Å².